The van der Waals surface area contributed by atoms with Crippen LogP contribution in [0.15, 0.2) is 24.5 Å². The molecule has 1 fully saturated rings. The van der Waals surface area contributed by atoms with Gasteiger partial charge in [0.15, 0.2) is 0 Å². The van der Waals surface area contributed by atoms with E-state index in [1.807, 2.05) is 12.1 Å². The lowest BCUT2D eigenvalue weighted by atomic mass is 10.2. The Bertz CT molecular complexity index is 421. The third-order valence-corrected chi connectivity index (χ3v) is 2.58. The van der Waals surface area contributed by atoms with E-state index in [-0.39, 0.29) is 6.54 Å². The molecular formula is C11H12N2O4. The van der Waals surface area contributed by atoms with Crippen molar-refractivity contribution in [1.29, 1.82) is 0 Å². The Morgan fingerprint density at radius 3 is 2.82 bits per heavy atom. The van der Waals surface area contributed by atoms with Crippen LogP contribution in [0.4, 0.5) is 4.79 Å². The highest BCUT2D eigenvalue weighted by Gasteiger charge is 2.35. The number of carbonyl (C=O) groups is 2. The van der Waals surface area contributed by atoms with Crippen LogP contribution in [0.25, 0.3) is 0 Å². The highest BCUT2D eigenvalue weighted by atomic mass is 16.6. The van der Waals surface area contributed by atoms with Gasteiger partial charge >= 0.3 is 12.1 Å². The Morgan fingerprint density at radius 2 is 2.24 bits per heavy atom. The zero-order valence-corrected chi connectivity index (χ0v) is 9.07. The Balaban J connectivity index is 1.88. The first kappa shape index (κ1) is 11.4. The summed E-state index contributed by atoms with van der Waals surface area (Å²) in [6.07, 6.45) is 2.41. The third-order valence-electron chi connectivity index (χ3n) is 2.58. The van der Waals surface area contributed by atoms with Gasteiger partial charge in [0.2, 0.25) is 6.10 Å². The molecule has 2 rings (SSSR count). The predicted molar refractivity (Wildman–Crippen MR) is 57.4 cm³/mol. The maximum atomic E-state index is 11.3. The van der Waals surface area contributed by atoms with Crippen LogP contribution in [-0.4, -0.2) is 46.2 Å². The number of carbonyl (C=O) groups excluding carboxylic acids is 1. The van der Waals surface area contributed by atoms with Crippen LogP contribution in [-0.2, 0) is 16.0 Å². The van der Waals surface area contributed by atoms with E-state index in [1.165, 1.54) is 4.90 Å². The molecule has 1 aliphatic heterocycles. The summed E-state index contributed by atoms with van der Waals surface area (Å²) in [5.74, 6) is -1.11. The van der Waals surface area contributed by atoms with Crippen molar-refractivity contribution in [3.63, 3.8) is 0 Å². The number of carboxylic acids is 1. The quantitative estimate of drug-likeness (QED) is 0.824. The molecule has 0 saturated carbocycles. The topological polar surface area (TPSA) is 79.7 Å². The van der Waals surface area contributed by atoms with Crippen molar-refractivity contribution in [1.82, 2.24) is 9.88 Å². The van der Waals surface area contributed by atoms with Crippen LogP contribution >= 0.6 is 0 Å². The molecule has 17 heavy (non-hydrogen) atoms. The van der Waals surface area contributed by atoms with Gasteiger partial charge in [0.25, 0.3) is 0 Å². The SMILES string of the molecule is O=C(O)C1CN(CCc2ccncc2)C(=O)O1. The monoisotopic (exact) mass is 236 g/mol. The van der Waals surface area contributed by atoms with E-state index in [0.29, 0.717) is 13.0 Å². The summed E-state index contributed by atoms with van der Waals surface area (Å²) in [5, 5.41) is 8.72. The number of hydrogen-bond acceptors (Lipinski definition) is 4. The first-order valence-corrected chi connectivity index (χ1v) is 5.24. The highest BCUT2D eigenvalue weighted by Crippen LogP contribution is 2.12. The normalized spacial score (nSPS) is 19.2. The number of pyridine rings is 1. The van der Waals surface area contributed by atoms with Gasteiger partial charge in [-0.05, 0) is 24.1 Å². The van der Waals surface area contributed by atoms with E-state index in [4.69, 9.17) is 9.84 Å². The van der Waals surface area contributed by atoms with Gasteiger partial charge < -0.3 is 14.7 Å². The van der Waals surface area contributed by atoms with E-state index in [0.717, 1.165) is 5.56 Å². The fraction of sp³-hybridized carbons (Fsp3) is 0.364. The van der Waals surface area contributed by atoms with Gasteiger partial charge in [0, 0.05) is 18.9 Å². The summed E-state index contributed by atoms with van der Waals surface area (Å²) in [5.41, 5.74) is 1.05. The van der Waals surface area contributed by atoms with Gasteiger partial charge in [-0.15, -0.1) is 0 Å². The molecule has 0 bridgehead atoms. The molecule has 1 aromatic rings. The molecule has 1 aromatic heterocycles. The molecular weight excluding hydrogens is 224 g/mol. The maximum Gasteiger partial charge on any atom is 0.410 e. The number of aliphatic carboxylic acids is 1. The minimum absolute atomic E-state index is 0.110. The first-order valence-electron chi connectivity index (χ1n) is 5.24. The van der Waals surface area contributed by atoms with E-state index >= 15 is 0 Å². The number of cyclic esters (lactones) is 1. The molecule has 1 saturated heterocycles. The van der Waals surface area contributed by atoms with E-state index < -0.39 is 18.2 Å². The lowest BCUT2D eigenvalue weighted by Gasteiger charge is -2.11. The standard InChI is InChI=1S/C11H12N2O4/c14-10(15)9-7-13(11(16)17-9)6-3-8-1-4-12-5-2-8/h1-2,4-5,9H,3,6-7H2,(H,14,15). The summed E-state index contributed by atoms with van der Waals surface area (Å²) >= 11 is 0. The average Bonchev–Trinajstić information content (AvgIpc) is 2.70. The summed E-state index contributed by atoms with van der Waals surface area (Å²) < 4.78 is 4.70. The molecule has 1 N–H and O–H groups in total. The molecule has 1 aliphatic rings. The summed E-state index contributed by atoms with van der Waals surface area (Å²) in [6.45, 7) is 0.561. The molecule has 90 valence electrons. The minimum Gasteiger partial charge on any atom is -0.478 e. The third kappa shape index (κ3) is 2.72. The molecule has 6 heteroatoms. The van der Waals surface area contributed by atoms with Crippen molar-refractivity contribution in [2.24, 2.45) is 0 Å². The molecule has 0 aromatic carbocycles. The first-order chi connectivity index (χ1) is 8.16. The highest BCUT2D eigenvalue weighted by molar-refractivity contribution is 5.81. The van der Waals surface area contributed by atoms with Crippen molar-refractivity contribution in [3.8, 4) is 0 Å². The second-order valence-electron chi connectivity index (χ2n) is 3.76. The molecule has 1 atom stereocenters. The zero-order valence-electron chi connectivity index (χ0n) is 9.07. The summed E-state index contributed by atoms with van der Waals surface area (Å²) in [6, 6.07) is 3.71. The van der Waals surface area contributed by atoms with E-state index in [1.54, 1.807) is 12.4 Å². The van der Waals surface area contributed by atoms with Crippen molar-refractivity contribution in [3.05, 3.63) is 30.1 Å². The van der Waals surface area contributed by atoms with Crippen LogP contribution < -0.4 is 0 Å². The van der Waals surface area contributed by atoms with E-state index in [9.17, 15) is 9.59 Å². The Hall–Kier alpha value is -2.11. The number of aromatic nitrogens is 1. The van der Waals surface area contributed by atoms with E-state index in [2.05, 4.69) is 4.98 Å². The predicted octanol–water partition coefficient (Wildman–Crippen LogP) is 0.529. The number of ether oxygens (including phenoxy) is 1. The summed E-state index contributed by atoms with van der Waals surface area (Å²) in [7, 11) is 0. The number of hydrogen-bond donors (Lipinski definition) is 1. The Kier molecular flexibility index (Phi) is 3.22. The van der Waals surface area contributed by atoms with Crippen LogP contribution in [0.1, 0.15) is 5.56 Å². The zero-order chi connectivity index (χ0) is 12.3. The molecule has 2 heterocycles. The van der Waals surface area contributed by atoms with Gasteiger partial charge in [-0.25, -0.2) is 9.59 Å². The van der Waals surface area contributed by atoms with Gasteiger partial charge in [-0.3, -0.25) is 4.98 Å². The maximum absolute atomic E-state index is 11.3. The number of carboxylic acid groups (broad SMARTS) is 1. The van der Waals surface area contributed by atoms with Crippen LogP contribution in [0.5, 0.6) is 0 Å². The largest absolute Gasteiger partial charge is 0.478 e. The number of nitrogens with zero attached hydrogens (tertiary/aromatic N) is 2. The van der Waals surface area contributed by atoms with Crippen LogP contribution in [0, 0.1) is 0 Å². The summed E-state index contributed by atoms with van der Waals surface area (Å²) in [4.78, 5) is 27.3. The Labute approximate surface area is 97.8 Å². The molecule has 1 amide bonds. The van der Waals surface area contributed by atoms with Gasteiger partial charge in [-0.2, -0.15) is 0 Å². The minimum atomic E-state index is -1.11. The Morgan fingerprint density at radius 1 is 1.53 bits per heavy atom. The van der Waals surface area contributed by atoms with Crippen molar-refractivity contribution in [2.45, 2.75) is 12.5 Å². The van der Waals surface area contributed by atoms with Crippen LogP contribution in [0.3, 0.4) is 0 Å². The second kappa shape index (κ2) is 4.82. The lowest BCUT2D eigenvalue weighted by Crippen LogP contribution is -2.29. The molecule has 6 nitrogen and oxygen atoms in total. The number of amides is 1. The fourth-order valence-electron chi connectivity index (χ4n) is 1.63. The molecule has 0 radical (unpaired) electrons. The number of rotatable bonds is 4. The second-order valence-corrected chi connectivity index (χ2v) is 3.76. The van der Waals surface area contributed by atoms with Crippen molar-refractivity contribution < 1.29 is 19.4 Å². The van der Waals surface area contributed by atoms with Crippen LogP contribution in [0.2, 0.25) is 0 Å². The molecule has 0 spiro atoms. The average molecular weight is 236 g/mol. The smallest absolute Gasteiger partial charge is 0.410 e. The lowest BCUT2D eigenvalue weighted by molar-refractivity contribution is -0.144. The van der Waals surface area contributed by atoms with Gasteiger partial charge in [0.1, 0.15) is 0 Å². The molecule has 1 unspecified atom stereocenters. The fourth-order valence-corrected chi connectivity index (χ4v) is 1.63. The van der Waals surface area contributed by atoms with Gasteiger partial charge in [-0.1, -0.05) is 0 Å². The van der Waals surface area contributed by atoms with Gasteiger partial charge in [0.05, 0.1) is 6.54 Å². The van der Waals surface area contributed by atoms with Crippen molar-refractivity contribution >= 4 is 12.1 Å². The molecule has 0 aliphatic carbocycles. The van der Waals surface area contributed by atoms with Crippen molar-refractivity contribution in [2.75, 3.05) is 13.1 Å².